The fraction of sp³-hybridized carbons (Fsp3) is 0.742. The fourth-order valence-corrected chi connectivity index (χ4v) is 7.71. The molecule has 8 nitrogen and oxygen atoms in total. The van der Waals surface area contributed by atoms with E-state index in [1.807, 2.05) is 12.1 Å². The Morgan fingerprint density at radius 2 is 1.80 bits per heavy atom. The SMILES string of the molecule is CCCCc1ccc(C(=O)C[C@@H](CNS(C)(=O)=O)C(=O)N[C@@H](CC(C)C)B2O[C@@H]3C[C@@H]4C[C@@H](C4(C)C)[C@]3(C)O2)cc1. The summed E-state index contributed by atoms with van der Waals surface area (Å²) in [5.74, 6) is -0.598. The Balaban J connectivity index is 1.48. The zero-order valence-electron chi connectivity index (χ0n) is 25.9. The van der Waals surface area contributed by atoms with Gasteiger partial charge < -0.3 is 14.6 Å². The summed E-state index contributed by atoms with van der Waals surface area (Å²) in [6.07, 6.45) is 6.78. The van der Waals surface area contributed by atoms with Crippen molar-refractivity contribution in [3.8, 4) is 0 Å². The third-order valence-electron chi connectivity index (χ3n) is 9.84. The number of hydrogen-bond acceptors (Lipinski definition) is 6. The molecule has 0 radical (unpaired) electrons. The summed E-state index contributed by atoms with van der Waals surface area (Å²) in [6, 6.07) is 7.49. The van der Waals surface area contributed by atoms with Crippen molar-refractivity contribution < 1.29 is 27.3 Å². The van der Waals surface area contributed by atoms with Gasteiger partial charge in [0.05, 0.1) is 29.8 Å². The smallest absolute Gasteiger partial charge is 0.404 e. The van der Waals surface area contributed by atoms with Crippen LogP contribution in [0.25, 0.3) is 0 Å². The van der Waals surface area contributed by atoms with Gasteiger partial charge in [0.25, 0.3) is 0 Å². The van der Waals surface area contributed by atoms with E-state index in [1.54, 1.807) is 12.1 Å². The highest BCUT2D eigenvalue weighted by Gasteiger charge is 2.68. The van der Waals surface area contributed by atoms with Crippen molar-refractivity contribution in [1.82, 2.24) is 10.0 Å². The van der Waals surface area contributed by atoms with Gasteiger partial charge in [-0.1, -0.05) is 65.3 Å². The quantitative estimate of drug-likeness (QED) is 0.244. The summed E-state index contributed by atoms with van der Waals surface area (Å²) in [5.41, 5.74) is 1.48. The van der Waals surface area contributed by atoms with Crippen LogP contribution in [0.2, 0.25) is 0 Å². The molecular formula is C31H49BN2O6S. The third kappa shape index (κ3) is 7.25. The number of carbonyl (C=O) groups excluding carboxylic acids is 2. The van der Waals surface area contributed by atoms with E-state index in [1.165, 1.54) is 5.56 Å². The van der Waals surface area contributed by atoms with Crippen LogP contribution in [-0.4, -0.2) is 57.7 Å². The van der Waals surface area contributed by atoms with E-state index in [-0.39, 0.29) is 42.1 Å². The predicted octanol–water partition coefficient (Wildman–Crippen LogP) is 4.57. The fourth-order valence-electron chi connectivity index (χ4n) is 7.21. The van der Waals surface area contributed by atoms with Crippen molar-refractivity contribution in [1.29, 1.82) is 0 Å². The molecule has 2 bridgehead atoms. The molecule has 41 heavy (non-hydrogen) atoms. The van der Waals surface area contributed by atoms with Crippen LogP contribution in [0.3, 0.4) is 0 Å². The van der Waals surface area contributed by atoms with E-state index < -0.39 is 34.6 Å². The molecule has 10 heteroatoms. The molecule has 4 aliphatic rings. The number of hydrogen-bond donors (Lipinski definition) is 2. The maximum absolute atomic E-state index is 13.7. The lowest BCUT2D eigenvalue weighted by Crippen LogP contribution is -2.65. The number of aryl methyl sites for hydroxylation is 1. The molecule has 1 amide bonds. The zero-order valence-corrected chi connectivity index (χ0v) is 26.7. The van der Waals surface area contributed by atoms with E-state index in [4.69, 9.17) is 9.31 Å². The lowest BCUT2D eigenvalue weighted by molar-refractivity contribution is -0.199. The molecule has 5 rings (SSSR count). The summed E-state index contributed by atoms with van der Waals surface area (Å²) in [7, 11) is -4.15. The lowest BCUT2D eigenvalue weighted by atomic mass is 9.43. The summed E-state index contributed by atoms with van der Waals surface area (Å²) >= 11 is 0. The first-order valence-electron chi connectivity index (χ1n) is 15.3. The molecule has 4 fully saturated rings. The van der Waals surface area contributed by atoms with Crippen molar-refractivity contribution in [2.75, 3.05) is 12.8 Å². The molecule has 2 N–H and O–H groups in total. The number of unbranched alkanes of at least 4 members (excludes halogenated alkanes) is 1. The Labute approximate surface area is 247 Å². The molecule has 3 aliphatic carbocycles. The van der Waals surface area contributed by atoms with Crippen LogP contribution in [0, 0.1) is 29.1 Å². The molecule has 0 spiro atoms. The first kappa shape index (κ1) is 32.2. The first-order chi connectivity index (χ1) is 19.1. The molecular weight excluding hydrogens is 539 g/mol. The summed E-state index contributed by atoms with van der Waals surface area (Å²) in [4.78, 5) is 26.9. The van der Waals surface area contributed by atoms with E-state index in [2.05, 4.69) is 51.6 Å². The highest BCUT2D eigenvalue weighted by molar-refractivity contribution is 7.88. The van der Waals surface area contributed by atoms with Gasteiger partial charge in [0.1, 0.15) is 0 Å². The van der Waals surface area contributed by atoms with Gasteiger partial charge in [-0.3, -0.25) is 9.59 Å². The highest BCUT2D eigenvalue weighted by Crippen LogP contribution is 2.65. The van der Waals surface area contributed by atoms with Gasteiger partial charge in [0.2, 0.25) is 15.9 Å². The molecule has 1 aromatic carbocycles. The number of ketones is 1. The van der Waals surface area contributed by atoms with Crippen molar-refractivity contribution in [3.05, 3.63) is 35.4 Å². The predicted molar refractivity (Wildman–Crippen MR) is 162 cm³/mol. The van der Waals surface area contributed by atoms with E-state index in [0.29, 0.717) is 23.8 Å². The van der Waals surface area contributed by atoms with Crippen LogP contribution in [0.4, 0.5) is 0 Å². The standard InChI is InChI=1S/C31H49BN2O6S/c1-8-9-10-21-11-13-22(14-12-21)25(35)16-23(19-33-41(7,37)38)29(36)34-28(15-20(2)3)32-39-27-18-24-17-26(30(24,4)5)31(27,6)40-32/h11-14,20,23-24,26-28,33H,8-10,15-19H2,1-7H3,(H,34,36)/t23-,24-,26-,27+,28-,31-/m0/s1. The molecule has 228 valence electrons. The molecule has 3 saturated carbocycles. The van der Waals surface area contributed by atoms with Crippen molar-refractivity contribution in [2.45, 2.75) is 104 Å². The van der Waals surface area contributed by atoms with Crippen LogP contribution in [-0.2, 0) is 30.5 Å². The molecule has 6 atom stereocenters. The number of nitrogens with one attached hydrogen (secondary N) is 2. The normalized spacial score (nSPS) is 28.1. The Bertz CT molecular complexity index is 1200. The van der Waals surface area contributed by atoms with Gasteiger partial charge in [-0.15, -0.1) is 0 Å². The van der Waals surface area contributed by atoms with Crippen LogP contribution < -0.4 is 10.0 Å². The Hall–Kier alpha value is -1.75. The van der Waals surface area contributed by atoms with Crippen LogP contribution in [0.5, 0.6) is 0 Å². The Morgan fingerprint density at radius 1 is 1.12 bits per heavy atom. The number of carbonyl (C=O) groups is 2. The number of benzene rings is 1. The monoisotopic (exact) mass is 588 g/mol. The first-order valence-corrected chi connectivity index (χ1v) is 17.2. The van der Waals surface area contributed by atoms with Gasteiger partial charge in [-0.2, -0.15) is 0 Å². The van der Waals surface area contributed by atoms with Gasteiger partial charge >= 0.3 is 7.12 Å². The van der Waals surface area contributed by atoms with Crippen LogP contribution in [0.15, 0.2) is 24.3 Å². The minimum atomic E-state index is -3.56. The highest BCUT2D eigenvalue weighted by atomic mass is 32.2. The maximum Gasteiger partial charge on any atom is 0.481 e. The number of amides is 1. The average molecular weight is 589 g/mol. The van der Waals surface area contributed by atoms with Gasteiger partial charge in [0, 0.05) is 18.5 Å². The molecule has 0 aromatic heterocycles. The summed E-state index contributed by atoms with van der Waals surface area (Å²) < 4.78 is 39.4. The maximum atomic E-state index is 13.7. The van der Waals surface area contributed by atoms with Crippen molar-refractivity contribution >= 4 is 28.8 Å². The van der Waals surface area contributed by atoms with Crippen molar-refractivity contribution in [3.63, 3.8) is 0 Å². The largest absolute Gasteiger partial charge is 0.481 e. The molecule has 1 heterocycles. The molecule has 1 saturated heterocycles. The van der Waals surface area contributed by atoms with Gasteiger partial charge in [-0.25, -0.2) is 13.1 Å². The summed E-state index contributed by atoms with van der Waals surface area (Å²) in [5, 5.41) is 3.12. The minimum Gasteiger partial charge on any atom is -0.404 e. The lowest BCUT2D eigenvalue weighted by Gasteiger charge is -2.64. The summed E-state index contributed by atoms with van der Waals surface area (Å²) in [6.45, 7) is 12.9. The molecule has 1 aliphatic heterocycles. The average Bonchev–Trinajstić information content (AvgIpc) is 3.26. The Kier molecular flexibility index (Phi) is 9.78. The van der Waals surface area contributed by atoms with Crippen molar-refractivity contribution in [2.24, 2.45) is 29.1 Å². The van der Waals surface area contributed by atoms with E-state index in [9.17, 15) is 18.0 Å². The van der Waals surface area contributed by atoms with E-state index in [0.717, 1.165) is 38.4 Å². The van der Waals surface area contributed by atoms with Gasteiger partial charge in [-0.05, 0) is 67.8 Å². The second-order valence-electron chi connectivity index (χ2n) is 13.8. The number of sulfonamides is 1. The Morgan fingerprint density at radius 3 is 2.39 bits per heavy atom. The van der Waals surface area contributed by atoms with Crippen LogP contribution in [0.1, 0.15) is 96.0 Å². The number of rotatable bonds is 14. The molecule has 1 aromatic rings. The van der Waals surface area contributed by atoms with Gasteiger partial charge in [0.15, 0.2) is 5.78 Å². The number of Topliss-reactive ketones (excluding diaryl/α,β-unsaturated/α-hetero) is 1. The topological polar surface area (TPSA) is 111 Å². The molecule has 0 unspecified atom stereocenters. The third-order valence-corrected chi connectivity index (χ3v) is 10.5. The second kappa shape index (κ2) is 12.5. The minimum absolute atomic E-state index is 0.0135. The zero-order chi connectivity index (χ0) is 30.2. The van der Waals surface area contributed by atoms with Crippen LogP contribution >= 0.6 is 0 Å². The second-order valence-corrected chi connectivity index (χ2v) is 15.7. The van der Waals surface area contributed by atoms with E-state index >= 15 is 0 Å².